The highest BCUT2D eigenvalue weighted by molar-refractivity contribution is 7.86. The average Bonchev–Trinajstić information content (AvgIpc) is 3.23. The van der Waals surface area contributed by atoms with Crippen molar-refractivity contribution < 1.29 is 44.1 Å². The standard InChI is InChI=1S/C27H48O10S3/c1-25(2,3)17-36-39(28,29)13-9-7-11-32-19-27(21-34-23-15-38-16-24(23)35-22-27)20-33-12-8-10-14-40(30,31)37-18-26(4,5)6/h15-16H,7-14,17-22H2,1-6H3. The van der Waals surface area contributed by atoms with Crippen LogP contribution >= 0.6 is 11.3 Å². The molecule has 0 bridgehead atoms. The van der Waals surface area contributed by atoms with Crippen molar-refractivity contribution in [3.8, 4) is 11.5 Å². The third-order valence-electron chi connectivity index (χ3n) is 5.69. The van der Waals surface area contributed by atoms with Crippen molar-refractivity contribution in [3.63, 3.8) is 0 Å². The lowest BCUT2D eigenvalue weighted by Gasteiger charge is -2.30. The normalized spacial score (nSPS) is 16.1. The van der Waals surface area contributed by atoms with E-state index in [1.165, 1.54) is 11.3 Å². The molecule has 0 saturated heterocycles. The van der Waals surface area contributed by atoms with Gasteiger partial charge < -0.3 is 18.9 Å². The first-order valence-electron chi connectivity index (χ1n) is 13.7. The van der Waals surface area contributed by atoms with Crippen LogP contribution in [0, 0.1) is 16.2 Å². The fourth-order valence-corrected chi connectivity index (χ4v) is 6.49. The van der Waals surface area contributed by atoms with Crippen LogP contribution in [0.1, 0.15) is 67.2 Å². The lowest BCUT2D eigenvalue weighted by atomic mass is 9.92. The average molecular weight is 629 g/mol. The number of hydrogen-bond acceptors (Lipinski definition) is 11. The molecule has 0 unspecified atom stereocenters. The molecule has 234 valence electrons. The Bertz CT molecular complexity index is 998. The van der Waals surface area contributed by atoms with Crippen LogP contribution in [-0.2, 0) is 38.1 Å². The summed E-state index contributed by atoms with van der Waals surface area (Å²) in [7, 11) is -7.13. The van der Waals surface area contributed by atoms with Gasteiger partial charge in [0.15, 0.2) is 11.5 Å². The Morgan fingerprint density at radius 3 is 1.50 bits per heavy atom. The third-order valence-corrected chi connectivity index (χ3v) is 8.92. The highest BCUT2D eigenvalue weighted by Crippen LogP contribution is 2.37. The summed E-state index contributed by atoms with van der Waals surface area (Å²) < 4.78 is 82.5. The lowest BCUT2D eigenvalue weighted by Crippen LogP contribution is -2.42. The molecule has 0 spiro atoms. The summed E-state index contributed by atoms with van der Waals surface area (Å²) >= 11 is 1.50. The first-order chi connectivity index (χ1) is 18.5. The SMILES string of the molecule is CC(C)(C)COS(=O)(=O)CCCCOCC1(COCCCCS(=O)(=O)OCC(C)(C)C)COc2cscc2OC1. The van der Waals surface area contributed by atoms with Gasteiger partial charge in [0, 0.05) is 24.0 Å². The van der Waals surface area contributed by atoms with Gasteiger partial charge in [-0.15, -0.1) is 11.3 Å². The molecule has 0 aliphatic carbocycles. The van der Waals surface area contributed by atoms with Gasteiger partial charge in [-0.1, -0.05) is 41.5 Å². The van der Waals surface area contributed by atoms with Crippen molar-refractivity contribution in [2.75, 3.05) is 64.4 Å². The summed E-state index contributed by atoms with van der Waals surface area (Å²) in [6.45, 7) is 13.9. The zero-order valence-corrected chi connectivity index (χ0v) is 27.3. The molecule has 13 heteroatoms. The van der Waals surface area contributed by atoms with Crippen molar-refractivity contribution in [1.82, 2.24) is 0 Å². The second kappa shape index (κ2) is 15.5. The molecule has 0 radical (unpaired) electrons. The predicted octanol–water partition coefficient (Wildman–Crippen LogP) is 4.88. The van der Waals surface area contributed by atoms with Crippen LogP contribution in [0.25, 0.3) is 0 Å². The fourth-order valence-electron chi connectivity index (χ4n) is 3.39. The molecule has 2 rings (SSSR count). The maximum Gasteiger partial charge on any atom is 0.267 e. The van der Waals surface area contributed by atoms with Crippen LogP contribution in [0.5, 0.6) is 11.5 Å². The van der Waals surface area contributed by atoms with E-state index in [0.717, 1.165) is 0 Å². The van der Waals surface area contributed by atoms with Gasteiger partial charge in [0.05, 0.1) is 43.3 Å². The minimum absolute atomic E-state index is 0.0517. The number of hydrogen-bond donors (Lipinski definition) is 0. The highest BCUT2D eigenvalue weighted by atomic mass is 32.2. The van der Waals surface area contributed by atoms with Crippen LogP contribution in [0.15, 0.2) is 10.8 Å². The summed E-state index contributed by atoms with van der Waals surface area (Å²) in [6.07, 6.45) is 2.00. The van der Waals surface area contributed by atoms with Crippen molar-refractivity contribution >= 4 is 31.6 Å². The first-order valence-corrected chi connectivity index (χ1v) is 17.8. The van der Waals surface area contributed by atoms with E-state index in [1.807, 2.05) is 52.3 Å². The van der Waals surface area contributed by atoms with Gasteiger partial charge in [-0.2, -0.15) is 16.8 Å². The molecule has 1 aromatic heterocycles. The molecule has 1 aliphatic heterocycles. The minimum atomic E-state index is -3.56. The Morgan fingerprint density at radius 2 is 1.12 bits per heavy atom. The Hall–Kier alpha value is -0.960. The summed E-state index contributed by atoms with van der Waals surface area (Å²) in [4.78, 5) is 0. The molecule has 40 heavy (non-hydrogen) atoms. The fraction of sp³-hybridized carbons (Fsp3) is 0.852. The Kier molecular flexibility index (Phi) is 13.6. The number of unbranched alkanes of at least 4 members (excludes halogenated alkanes) is 2. The molecule has 0 fully saturated rings. The van der Waals surface area contributed by atoms with Crippen LogP contribution < -0.4 is 9.47 Å². The van der Waals surface area contributed by atoms with Crippen molar-refractivity contribution in [2.24, 2.45) is 16.2 Å². The topological polar surface area (TPSA) is 124 Å². The Morgan fingerprint density at radius 1 is 0.725 bits per heavy atom. The van der Waals surface area contributed by atoms with Crippen molar-refractivity contribution in [3.05, 3.63) is 10.8 Å². The molecule has 0 amide bonds. The Balaban J connectivity index is 1.76. The molecular weight excluding hydrogens is 580 g/mol. The van der Waals surface area contributed by atoms with E-state index in [-0.39, 0.29) is 35.5 Å². The van der Waals surface area contributed by atoms with Gasteiger partial charge in [-0.25, -0.2) is 0 Å². The van der Waals surface area contributed by atoms with Crippen LogP contribution in [-0.4, -0.2) is 81.2 Å². The molecule has 1 aliphatic rings. The van der Waals surface area contributed by atoms with E-state index in [9.17, 15) is 16.8 Å². The van der Waals surface area contributed by atoms with Crippen LogP contribution in [0.2, 0.25) is 0 Å². The smallest absolute Gasteiger partial charge is 0.267 e. The predicted molar refractivity (Wildman–Crippen MR) is 156 cm³/mol. The van der Waals surface area contributed by atoms with Gasteiger partial charge in [0.25, 0.3) is 20.2 Å². The second-order valence-electron chi connectivity index (χ2n) is 12.9. The molecule has 1 aromatic rings. The van der Waals surface area contributed by atoms with Crippen molar-refractivity contribution in [1.29, 1.82) is 0 Å². The van der Waals surface area contributed by atoms with E-state index in [2.05, 4.69) is 0 Å². The van der Waals surface area contributed by atoms with Crippen LogP contribution in [0.3, 0.4) is 0 Å². The van der Waals surface area contributed by atoms with E-state index in [1.54, 1.807) is 0 Å². The summed E-state index contributed by atoms with van der Waals surface area (Å²) in [6, 6.07) is 0. The number of rotatable bonds is 18. The molecule has 0 N–H and O–H groups in total. The molecule has 0 atom stereocenters. The van der Waals surface area contributed by atoms with Crippen molar-refractivity contribution in [2.45, 2.75) is 67.2 Å². The minimum Gasteiger partial charge on any atom is -0.488 e. The zero-order valence-electron chi connectivity index (χ0n) is 24.9. The van der Waals surface area contributed by atoms with E-state index in [0.29, 0.717) is 76.8 Å². The van der Waals surface area contributed by atoms with Gasteiger partial charge in [0.1, 0.15) is 13.2 Å². The maximum atomic E-state index is 12.1. The quantitative estimate of drug-likeness (QED) is 0.164. The largest absolute Gasteiger partial charge is 0.488 e. The highest BCUT2D eigenvalue weighted by Gasteiger charge is 2.36. The zero-order chi connectivity index (χ0) is 29.9. The molecule has 2 heterocycles. The van der Waals surface area contributed by atoms with Gasteiger partial charge in [-0.05, 0) is 36.5 Å². The number of fused-ring (bicyclic) bond motifs is 1. The van der Waals surface area contributed by atoms with Gasteiger partial charge in [-0.3, -0.25) is 8.37 Å². The monoisotopic (exact) mass is 628 g/mol. The molecule has 0 aromatic carbocycles. The summed E-state index contributed by atoms with van der Waals surface area (Å²) in [5.74, 6) is 1.27. The number of thiophene rings is 1. The third kappa shape index (κ3) is 14.8. The van der Waals surface area contributed by atoms with E-state index < -0.39 is 25.7 Å². The van der Waals surface area contributed by atoms with E-state index in [4.69, 9.17) is 27.3 Å². The second-order valence-corrected chi connectivity index (χ2v) is 17.1. The first kappa shape index (κ1) is 35.2. The van der Waals surface area contributed by atoms with E-state index >= 15 is 0 Å². The molecule has 10 nitrogen and oxygen atoms in total. The van der Waals surface area contributed by atoms with Crippen LogP contribution in [0.4, 0.5) is 0 Å². The summed E-state index contributed by atoms with van der Waals surface area (Å²) in [5.41, 5.74) is -1.02. The van der Waals surface area contributed by atoms with Gasteiger partial charge in [0.2, 0.25) is 0 Å². The lowest BCUT2D eigenvalue weighted by molar-refractivity contribution is -0.0602. The Labute approximate surface area is 245 Å². The molecular formula is C27H48O10S3. The maximum absolute atomic E-state index is 12.1. The number of ether oxygens (including phenoxy) is 4. The summed E-state index contributed by atoms with van der Waals surface area (Å²) in [5, 5.41) is 3.77. The van der Waals surface area contributed by atoms with Gasteiger partial charge >= 0.3 is 0 Å². The molecule has 0 saturated carbocycles.